The van der Waals surface area contributed by atoms with Crippen LogP contribution in [0.3, 0.4) is 0 Å². The maximum Gasteiger partial charge on any atom is 0.301 e. The van der Waals surface area contributed by atoms with E-state index in [0.717, 1.165) is 19.3 Å². The molecule has 2 rings (SSSR count). The zero-order valence-corrected chi connectivity index (χ0v) is 13.5. The standard InChI is InChI=1S/C13H20ClN3O3S/c1-20-13-8-10(5-6-12(13)14)16-21(18,19)17-7-3-2-4-11(17)9-15/h5-6,8,11,16H,2-4,7,9,15H2,1H3. The van der Waals surface area contributed by atoms with Crippen molar-refractivity contribution in [3.8, 4) is 5.75 Å². The van der Waals surface area contributed by atoms with Crippen LogP contribution in [0.15, 0.2) is 18.2 Å². The minimum atomic E-state index is -3.63. The molecule has 118 valence electrons. The van der Waals surface area contributed by atoms with Gasteiger partial charge in [0.2, 0.25) is 0 Å². The van der Waals surface area contributed by atoms with Crippen molar-refractivity contribution in [2.45, 2.75) is 25.3 Å². The van der Waals surface area contributed by atoms with Gasteiger partial charge in [0.25, 0.3) is 0 Å². The van der Waals surface area contributed by atoms with E-state index in [9.17, 15) is 8.42 Å². The van der Waals surface area contributed by atoms with Crippen LogP contribution < -0.4 is 15.2 Å². The molecule has 0 saturated carbocycles. The van der Waals surface area contributed by atoms with Crippen molar-refractivity contribution in [1.82, 2.24) is 4.31 Å². The van der Waals surface area contributed by atoms with Gasteiger partial charge in [-0.15, -0.1) is 0 Å². The third kappa shape index (κ3) is 3.79. The zero-order valence-electron chi connectivity index (χ0n) is 11.9. The average molecular weight is 334 g/mol. The minimum Gasteiger partial charge on any atom is -0.495 e. The fourth-order valence-corrected chi connectivity index (χ4v) is 4.15. The van der Waals surface area contributed by atoms with Crippen molar-refractivity contribution in [2.24, 2.45) is 5.73 Å². The lowest BCUT2D eigenvalue weighted by atomic mass is 10.1. The number of ether oxygens (including phenoxy) is 1. The first-order chi connectivity index (χ1) is 9.97. The fourth-order valence-electron chi connectivity index (χ4n) is 2.46. The van der Waals surface area contributed by atoms with Gasteiger partial charge in [0, 0.05) is 25.2 Å². The maximum absolute atomic E-state index is 12.5. The Hall–Kier alpha value is -1.02. The van der Waals surface area contributed by atoms with Gasteiger partial charge < -0.3 is 10.5 Å². The summed E-state index contributed by atoms with van der Waals surface area (Å²) in [5.74, 6) is 0.422. The molecule has 6 nitrogen and oxygen atoms in total. The van der Waals surface area contributed by atoms with E-state index >= 15 is 0 Å². The molecule has 0 aromatic heterocycles. The Bertz CT molecular complexity index is 594. The van der Waals surface area contributed by atoms with Crippen molar-refractivity contribution >= 4 is 27.5 Å². The van der Waals surface area contributed by atoms with Gasteiger partial charge in [-0.2, -0.15) is 12.7 Å². The van der Waals surface area contributed by atoms with E-state index in [-0.39, 0.29) is 6.04 Å². The molecule has 1 saturated heterocycles. The second-order valence-electron chi connectivity index (χ2n) is 4.95. The van der Waals surface area contributed by atoms with E-state index < -0.39 is 10.2 Å². The van der Waals surface area contributed by atoms with Crippen LogP contribution in [0, 0.1) is 0 Å². The molecule has 1 heterocycles. The molecule has 1 atom stereocenters. The molecule has 1 aliphatic heterocycles. The number of piperidine rings is 1. The number of methoxy groups -OCH3 is 1. The molecule has 8 heteroatoms. The Kier molecular flexibility index (Phi) is 5.32. The number of rotatable bonds is 5. The summed E-state index contributed by atoms with van der Waals surface area (Å²) in [5, 5.41) is 0.429. The van der Waals surface area contributed by atoms with Crippen molar-refractivity contribution in [3.63, 3.8) is 0 Å². The lowest BCUT2D eigenvalue weighted by Gasteiger charge is -2.33. The van der Waals surface area contributed by atoms with Crippen LogP contribution >= 0.6 is 11.6 Å². The summed E-state index contributed by atoms with van der Waals surface area (Å²) in [6.07, 6.45) is 2.64. The molecule has 1 aliphatic rings. The second kappa shape index (κ2) is 6.83. The highest BCUT2D eigenvalue weighted by Crippen LogP contribution is 2.29. The highest BCUT2D eigenvalue weighted by atomic mass is 35.5. The average Bonchev–Trinajstić information content (AvgIpc) is 2.49. The fraction of sp³-hybridized carbons (Fsp3) is 0.538. The molecule has 3 N–H and O–H groups in total. The van der Waals surface area contributed by atoms with Crippen molar-refractivity contribution in [1.29, 1.82) is 0 Å². The summed E-state index contributed by atoms with van der Waals surface area (Å²) in [6.45, 7) is 0.812. The van der Waals surface area contributed by atoms with Crippen molar-refractivity contribution in [2.75, 3.05) is 24.9 Å². The van der Waals surface area contributed by atoms with E-state index in [0.29, 0.717) is 29.5 Å². The number of halogens is 1. The quantitative estimate of drug-likeness (QED) is 0.860. The zero-order chi connectivity index (χ0) is 15.5. The molecule has 0 radical (unpaired) electrons. The molecule has 1 unspecified atom stereocenters. The van der Waals surface area contributed by atoms with Crippen molar-refractivity contribution in [3.05, 3.63) is 23.2 Å². The van der Waals surface area contributed by atoms with Crippen molar-refractivity contribution < 1.29 is 13.2 Å². The highest BCUT2D eigenvalue weighted by molar-refractivity contribution is 7.90. The van der Waals surface area contributed by atoms with Crippen LogP contribution in [0.5, 0.6) is 5.75 Å². The SMILES string of the molecule is COc1cc(NS(=O)(=O)N2CCCCC2CN)ccc1Cl. The van der Waals surface area contributed by atoms with Gasteiger partial charge in [-0.05, 0) is 25.0 Å². The first-order valence-electron chi connectivity index (χ1n) is 6.81. The molecule has 1 aromatic rings. The first kappa shape index (κ1) is 16.4. The van der Waals surface area contributed by atoms with Gasteiger partial charge in [0.05, 0.1) is 17.8 Å². The molecule has 1 fully saturated rings. The lowest BCUT2D eigenvalue weighted by Crippen LogP contribution is -2.49. The Morgan fingerprint density at radius 2 is 2.24 bits per heavy atom. The number of hydrogen-bond acceptors (Lipinski definition) is 4. The number of anilines is 1. The molecule has 21 heavy (non-hydrogen) atoms. The summed E-state index contributed by atoms with van der Waals surface area (Å²) >= 11 is 5.93. The Balaban J connectivity index is 2.20. The van der Waals surface area contributed by atoms with Gasteiger partial charge in [0.1, 0.15) is 5.75 Å². The summed E-state index contributed by atoms with van der Waals surface area (Å²) in [5.41, 5.74) is 6.09. The van der Waals surface area contributed by atoms with Gasteiger partial charge in [-0.25, -0.2) is 0 Å². The molecule has 0 bridgehead atoms. The molecular weight excluding hydrogens is 314 g/mol. The smallest absolute Gasteiger partial charge is 0.301 e. The highest BCUT2D eigenvalue weighted by Gasteiger charge is 2.31. The van der Waals surface area contributed by atoms with E-state index in [1.807, 2.05) is 0 Å². The van der Waals surface area contributed by atoms with Crippen LogP contribution in [0.2, 0.25) is 5.02 Å². The molecule has 1 aromatic carbocycles. The van der Waals surface area contributed by atoms with Crippen LogP contribution in [0.4, 0.5) is 5.69 Å². The van der Waals surface area contributed by atoms with E-state index in [1.54, 1.807) is 18.2 Å². The summed E-state index contributed by atoms with van der Waals surface area (Å²) in [4.78, 5) is 0. The number of nitrogens with zero attached hydrogens (tertiary/aromatic N) is 1. The molecule has 0 amide bonds. The second-order valence-corrected chi connectivity index (χ2v) is 6.98. The number of nitrogens with one attached hydrogen (secondary N) is 1. The lowest BCUT2D eigenvalue weighted by molar-refractivity contribution is 0.259. The first-order valence-corrected chi connectivity index (χ1v) is 8.63. The third-order valence-electron chi connectivity index (χ3n) is 3.55. The summed E-state index contributed by atoms with van der Waals surface area (Å²) in [7, 11) is -2.15. The summed E-state index contributed by atoms with van der Waals surface area (Å²) < 4.78 is 34.1. The number of nitrogens with two attached hydrogens (primary N) is 1. The Morgan fingerprint density at radius 1 is 1.48 bits per heavy atom. The van der Waals surface area contributed by atoms with Crippen LogP contribution in [-0.2, 0) is 10.2 Å². The predicted octanol–water partition coefficient (Wildman–Crippen LogP) is 1.82. The van der Waals surface area contributed by atoms with E-state index in [2.05, 4.69) is 4.72 Å². The van der Waals surface area contributed by atoms with E-state index in [4.69, 9.17) is 22.1 Å². The van der Waals surface area contributed by atoms with Gasteiger partial charge >= 0.3 is 10.2 Å². The predicted molar refractivity (Wildman–Crippen MR) is 83.9 cm³/mol. The van der Waals surface area contributed by atoms with Crippen LogP contribution in [0.25, 0.3) is 0 Å². The van der Waals surface area contributed by atoms with Crippen LogP contribution in [-0.4, -0.2) is 39.0 Å². The number of benzene rings is 1. The minimum absolute atomic E-state index is 0.148. The largest absolute Gasteiger partial charge is 0.495 e. The van der Waals surface area contributed by atoms with Gasteiger partial charge in [-0.1, -0.05) is 18.0 Å². The van der Waals surface area contributed by atoms with Crippen LogP contribution in [0.1, 0.15) is 19.3 Å². The van der Waals surface area contributed by atoms with Gasteiger partial charge in [0.15, 0.2) is 0 Å². The molecule has 0 spiro atoms. The van der Waals surface area contributed by atoms with E-state index in [1.165, 1.54) is 11.4 Å². The number of hydrogen-bond donors (Lipinski definition) is 2. The Morgan fingerprint density at radius 3 is 2.90 bits per heavy atom. The molecular formula is C13H20ClN3O3S. The topological polar surface area (TPSA) is 84.7 Å². The maximum atomic E-state index is 12.5. The monoisotopic (exact) mass is 333 g/mol. The Labute approximate surface area is 130 Å². The summed E-state index contributed by atoms with van der Waals surface area (Å²) in [6, 6.07) is 4.60. The molecule has 0 aliphatic carbocycles. The van der Waals surface area contributed by atoms with Gasteiger partial charge in [-0.3, -0.25) is 4.72 Å². The normalized spacial score (nSPS) is 20.2. The third-order valence-corrected chi connectivity index (χ3v) is 5.46.